The molecule has 1 aliphatic rings. The number of H-pyrrole nitrogens is 1. The molecule has 152 valence electrons. The summed E-state index contributed by atoms with van der Waals surface area (Å²) in [7, 11) is 0. The Morgan fingerprint density at radius 2 is 2.10 bits per heavy atom. The highest BCUT2D eigenvalue weighted by atomic mass is 19.1. The summed E-state index contributed by atoms with van der Waals surface area (Å²) in [5.41, 5.74) is 0.210. The SMILES string of the molecule is CC1(C(Oc2n[nH]c3ccc(F)cc23)c2ccccc2F)CCCN(C(=O)O)C1. The van der Waals surface area contributed by atoms with E-state index in [1.807, 2.05) is 6.92 Å². The van der Waals surface area contributed by atoms with Gasteiger partial charge in [-0.1, -0.05) is 25.1 Å². The van der Waals surface area contributed by atoms with Gasteiger partial charge in [-0.2, -0.15) is 0 Å². The van der Waals surface area contributed by atoms with Crippen molar-refractivity contribution in [3.8, 4) is 5.88 Å². The number of aromatic nitrogens is 2. The zero-order valence-corrected chi connectivity index (χ0v) is 15.9. The number of hydrogen-bond donors (Lipinski definition) is 2. The molecule has 2 heterocycles. The van der Waals surface area contributed by atoms with Crippen molar-refractivity contribution < 1.29 is 23.4 Å². The minimum atomic E-state index is -1.02. The Morgan fingerprint density at radius 1 is 1.31 bits per heavy atom. The molecule has 2 N–H and O–H groups in total. The molecule has 0 spiro atoms. The first-order valence-electron chi connectivity index (χ1n) is 9.40. The third-order valence-corrected chi connectivity index (χ3v) is 5.54. The van der Waals surface area contributed by atoms with Gasteiger partial charge in [0.1, 0.15) is 17.7 Å². The van der Waals surface area contributed by atoms with E-state index in [0.717, 1.165) is 0 Å². The molecular weight excluding hydrogens is 380 g/mol. The summed E-state index contributed by atoms with van der Waals surface area (Å²) >= 11 is 0. The van der Waals surface area contributed by atoms with Crippen molar-refractivity contribution in [3.63, 3.8) is 0 Å². The molecular formula is C21H21F2N3O3. The number of aromatic amines is 1. The molecule has 2 aromatic carbocycles. The molecule has 0 aliphatic carbocycles. The van der Waals surface area contributed by atoms with Crippen molar-refractivity contribution in [1.82, 2.24) is 15.1 Å². The molecule has 1 fully saturated rings. The van der Waals surface area contributed by atoms with Crippen LogP contribution < -0.4 is 4.74 Å². The number of benzene rings is 2. The molecule has 29 heavy (non-hydrogen) atoms. The van der Waals surface area contributed by atoms with Gasteiger partial charge in [-0.15, -0.1) is 5.10 Å². The minimum Gasteiger partial charge on any atom is -0.467 e. The monoisotopic (exact) mass is 401 g/mol. The second kappa shape index (κ2) is 7.35. The molecule has 1 aromatic heterocycles. The van der Waals surface area contributed by atoms with E-state index in [-0.39, 0.29) is 12.4 Å². The first-order chi connectivity index (χ1) is 13.9. The summed E-state index contributed by atoms with van der Waals surface area (Å²) in [6, 6.07) is 10.4. The maximum atomic E-state index is 14.7. The maximum absolute atomic E-state index is 14.7. The van der Waals surface area contributed by atoms with Crippen LogP contribution >= 0.6 is 0 Å². The van der Waals surface area contributed by atoms with E-state index < -0.39 is 29.2 Å². The fraction of sp³-hybridized carbons (Fsp3) is 0.333. The molecule has 1 saturated heterocycles. The molecule has 2 atom stereocenters. The quantitative estimate of drug-likeness (QED) is 0.662. The van der Waals surface area contributed by atoms with Crippen LogP contribution in [-0.2, 0) is 0 Å². The van der Waals surface area contributed by atoms with Crippen LogP contribution in [0.15, 0.2) is 42.5 Å². The second-order valence-corrected chi connectivity index (χ2v) is 7.70. The van der Waals surface area contributed by atoms with Crippen molar-refractivity contribution in [1.29, 1.82) is 0 Å². The number of likely N-dealkylation sites (tertiary alicyclic amines) is 1. The van der Waals surface area contributed by atoms with Gasteiger partial charge in [0.05, 0.1) is 10.9 Å². The van der Waals surface area contributed by atoms with Crippen molar-refractivity contribution in [2.75, 3.05) is 13.1 Å². The number of carboxylic acid groups (broad SMARTS) is 1. The van der Waals surface area contributed by atoms with Crippen LogP contribution in [0.1, 0.15) is 31.4 Å². The smallest absolute Gasteiger partial charge is 0.407 e. The van der Waals surface area contributed by atoms with Crippen LogP contribution in [0.3, 0.4) is 0 Å². The van der Waals surface area contributed by atoms with Crippen molar-refractivity contribution >= 4 is 17.0 Å². The number of halogens is 2. The number of hydrogen-bond acceptors (Lipinski definition) is 3. The molecule has 6 nitrogen and oxygen atoms in total. The van der Waals surface area contributed by atoms with E-state index in [9.17, 15) is 18.7 Å². The van der Waals surface area contributed by atoms with Crippen LogP contribution in [0.5, 0.6) is 5.88 Å². The number of amides is 1. The van der Waals surface area contributed by atoms with Crippen molar-refractivity contribution in [3.05, 3.63) is 59.7 Å². The molecule has 0 radical (unpaired) electrons. The second-order valence-electron chi connectivity index (χ2n) is 7.70. The first kappa shape index (κ1) is 19.2. The maximum Gasteiger partial charge on any atom is 0.407 e. The average molecular weight is 401 g/mol. The largest absolute Gasteiger partial charge is 0.467 e. The van der Waals surface area contributed by atoms with Crippen molar-refractivity contribution in [2.24, 2.45) is 5.41 Å². The van der Waals surface area contributed by atoms with Crippen molar-refractivity contribution in [2.45, 2.75) is 25.9 Å². The molecule has 0 saturated carbocycles. The molecule has 1 amide bonds. The van der Waals surface area contributed by atoms with Gasteiger partial charge in [0.15, 0.2) is 0 Å². The zero-order chi connectivity index (χ0) is 20.6. The Kier molecular flexibility index (Phi) is 4.86. The molecule has 1 aliphatic heterocycles. The molecule has 3 aromatic rings. The van der Waals surface area contributed by atoms with Crippen LogP contribution in [0, 0.1) is 17.0 Å². The predicted octanol–water partition coefficient (Wildman–Crippen LogP) is 4.74. The van der Waals surface area contributed by atoms with Crippen LogP contribution in [0.2, 0.25) is 0 Å². The van der Waals surface area contributed by atoms with E-state index in [2.05, 4.69) is 10.2 Å². The first-order valence-corrected chi connectivity index (χ1v) is 9.40. The fourth-order valence-corrected chi connectivity index (χ4v) is 4.08. The van der Waals surface area contributed by atoms with Gasteiger partial charge >= 0.3 is 6.09 Å². The number of fused-ring (bicyclic) bond motifs is 1. The van der Waals surface area contributed by atoms with Gasteiger partial charge in [-0.25, -0.2) is 13.6 Å². The summed E-state index contributed by atoms with van der Waals surface area (Å²) < 4.78 is 34.7. The minimum absolute atomic E-state index is 0.154. The number of nitrogens with zero attached hydrogens (tertiary/aromatic N) is 2. The number of carbonyl (C=O) groups is 1. The van der Waals surface area contributed by atoms with Gasteiger partial charge in [-0.05, 0) is 37.1 Å². The Hall–Kier alpha value is -3.16. The summed E-state index contributed by atoms with van der Waals surface area (Å²) in [5, 5.41) is 16.8. The summed E-state index contributed by atoms with van der Waals surface area (Å²) in [6.45, 7) is 2.50. The lowest BCUT2D eigenvalue weighted by atomic mass is 9.74. The third kappa shape index (κ3) is 3.62. The van der Waals surface area contributed by atoms with Gasteiger partial charge < -0.3 is 14.7 Å². The van der Waals surface area contributed by atoms with Gasteiger partial charge in [0, 0.05) is 24.1 Å². The highest BCUT2D eigenvalue weighted by Gasteiger charge is 2.43. The highest BCUT2D eigenvalue weighted by Crippen LogP contribution is 2.45. The van der Waals surface area contributed by atoms with E-state index in [1.165, 1.54) is 23.1 Å². The van der Waals surface area contributed by atoms with E-state index in [0.29, 0.717) is 35.9 Å². The molecule has 2 unspecified atom stereocenters. The normalized spacial score (nSPS) is 20.6. The van der Waals surface area contributed by atoms with Crippen LogP contribution in [0.4, 0.5) is 13.6 Å². The van der Waals surface area contributed by atoms with Crippen LogP contribution in [0.25, 0.3) is 10.9 Å². The summed E-state index contributed by atoms with van der Waals surface area (Å²) in [6.07, 6.45) is -0.546. The molecule has 4 rings (SSSR count). The number of ether oxygens (including phenoxy) is 1. The molecule has 0 bridgehead atoms. The summed E-state index contributed by atoms with van der Waals surface area (Å²) in [4.78, 5) is 12.9. The van der Waals surface area contributed by atoms with E-state index >= 15 is 0 Å². The lowest BCUT2D eigenvalue weighted by Crippen LogP contribution is -2.48. The van der Waals surface area contributed by atoms with Gasteiger partial charge in [-0.3, -0.25) is 5.10 Å². The number of nitrogens with one attached hydrogen (secondary N) is 1. The lowest BCUT2D eigenvalue weighted by molar-refractivity contribution is -0.00491. The number of piperidine rings is 1. The van der Waals surface area contributed by atoms with Crippen LogP contribution in [-0.4, -0.2) is 39.4 Å². The van der Waals surface area contributed by atoms with Gasteiger partial charge in [0.2, 0.25) is 5.88 Å². The van der Waals surface area contributed by atoms with Gasteiger partial charge in [0.25, 0.3) is 0 Å². The Labute approximate surface area is 166 Å². The standard InChI is InChI=1S/C21H21F2N3O3/c1-21(9-4-10-26(12-21)20(27)28)18(14-5-2-3-6-16(14)23)29-19-15-11-13(22)7-8-17(15)24-25-19/h2-3,5-8,11,18H,4,9-10,12H2,1H3,(H,24,25)(H,27,28). The highest BCUT2D eigenvalue weighted by molar-refractivity contribution is 5.83. The topological polar surface area (TPSA) is 78.5 Å². The third-order valence-electron chi connectivity index (χ3n) is 5.54. The zero-order valence-electron chi connectivity index (χ0n) is 15.9. The Morgan fingerprint density at radius 3 is 2.86 bits per heavy atom. The van der Waals surface area contributed by atoms with E-state index in [4.69, 9.17) is 4.74 Å². The summed E-state index contributed by atoms with van der Waals surface area (Å²) in [5.74, 6) is -0.731. The number of rotatable bonds is 4. The predicted molar refractivity (Wildman–Crippen MR) is 103 cm³/mol. The Balaban J connectivity index is 1.77. The average Bonchev–Trinajstić information content (AvgIpc) is 3.08. The molecule has 8 heteroatoms. The Bertz CT molecular complexity index is 1050. The van der Waals surface area contributed by atoms with E-state index in [1.54, 1.807) is 24.3 Å². The fourth-order valence-electron chi connectivity index (χ4n) is 4.08. The lowest BCUT2D eigenvalue weighted by Gasteiger charge is -2.44.